The number of carbonyl (C=O) groups is 1. The fourth-order valence-corrected chi connectivity index (χ4v) is 2.31. The maximum Gasteiger partial charge on any atom is 0.322 e. The standard InChI is InChI=1S/C12H14BrNO2/c1-16-12(15)11-6-9(7-14-11)8-2-4-10(13)5-3-8/h2-5,9,11,14H,6-7H2,1H3. The molecule has 0 bridgehead atoms. The Labute approximate surface area is 103 Å². The zero-order valence-electron chi connectivity index (χ0n) is 9.07. The van der Waals surface area contributed by atoms with Crippen molar-refractivity contribution in [2.24, 2.45) is 0 Å². The van der Waals surface area contributed by atoms with Gasteiger partial charge in [0.1, 0.15) is 6.04 Å². The van der Waals surface area contributed by atoms with Crippen molar-refractivity contribution in [3.8, 4) is 0 Å². The van der Waals surface area contributed by atoms with Crippen molar-refractivity contribution in [1.82, 2.24) is 5.32 Å². The van der Waals surface area contributed by atoms with Gasteiger partial charge < -0.3 is 10.1 Å². The Kier molecular flexibility index (Phi) is 3.61. The smallest absolute Gasteiger partial charge is 0.322 e. The van der Waals surface area contributed by atoms with Crippen LogP contribution in [0.2, 0.25) is 0 Å². The summed E-state index contributed by atoms with van der Waals surface area (Å²) in [7, 11) is 1.43. The quantitative estimate of drug-likeness (QED) is 0.845. The Morgan fingerprint density at radius 2 is 2.12 bits per heavy atom. The number of esters is 1. The number of hydrogen-bond acceptors (Lipinski definition) is 3. The molecule has 0 radical (unpaired) electrons. The van der Waals surface area contributed by atoms with E-state index in [1.807, 2.05) is 12.1 Å². The Bertz CT molecular complexity index is 377. The molecule has 1 aliphatic heterocycles. The Balaban J connectivity index is 2.03. The van der Waals surface area contributed by atoms with Crippen molar-refractivity contribution >= 4 is 21.9 Å². The van der Waals surface area contributed by atoms with Crippen molar-refractivity contribution in [2.45, 2.75) is 18.4 Å². The predicted molar refractivity (Wildman–Crippen MR) is 65.3 cm³/mol. The molecule has 0 aromatic heterocycles. The Morgan fingerprint density at radius 3 is 2.75 bits per heavy atom. The van der Waals surface area contributed by atoms with Gasteiger partial charge in [-0.25, -0.2) is 0 Å². The number of methoxy groups -OCH3 is 1. The third-order valence-electron chi connectivity index (χ3n) is 2.96. The molecule has 1 aromatic carbocycles. The van der Waals surface area contributed by atoms with Gasteiger partial charge in [0.25, 0.3) is 0 Å². The van der Waals surface area contributed by atoms with Crippen molar-refractivity contribution in [2.75, 3.05) is 13.7 Å². The van der Waals surface area contributed by atoms with E-state index in [4.69, 9.17) is 4.74 Å². The van der Waals surface area contributed by atoms with Gasteiger partial charge in [0.05, 0.1) is 7.11 Å². The number of hydrogen-bond donors (Lipinski definition) is 1. The fraction of sp³-hybridized carbons (Fsp3) is 0.417. The summed E-state index contributed by atoms with van der Waals surface area (Å²) < 4.78 is 5.80. The fourth-order valence-electron chi connectivity index (χ4n) is 2.05. The maximum absolute atomic E-state index is 11.4. The van der Waals surface area contributed by atoms with Crippen LogP contribution in [-0.4, -0.2) is 25.7 Å². The van der Waals surface area contributed by atoms with Crippen LogP contribution in [0.15, 0.2) is 28.7 Å². The first-order valence-corrected chi connectivity index (χ1v) is 6.06. The topological polar surface area (TPSA) is 38.3 Å². The lowest BCUT2D eigenvalue weighted by Gasteiger charge is -2.09. The molecule has 0 saturated carbocycles. The lowest BCUT2D eigenvalue weighted by atomic mass is 9.96. The molecule has 0 aliphatic carbocycles. The first-order chi connectivity index (χ1) is 7.70. The van der Waals surface area contributed by atoms with Crippen molar-refractivity contribution < 1.29 is 9.53 Å². The van der Waals surface area contributed by atoms with Crippen molar-refractivity contribution in [3.05, 3.63) is 34.3 Å². The number of carbonyl (C=O) groups excluding carboxylic acids is 1. The SMILES string of the molecule is COC(=O)C1CC(c2ccc(Br)cc2)CN1. The van der Waals surface area contributed by atoms with Crippen LogP contribution in [-0.2, 0) is 9.53 Å². The zero-order chi connectivity index (χ0) is 11.5. The van der Waals surface area contributed by atoms with Gasteiger partial charge in [-0.05, 0) is 30.0 Å². The van der Waals surface area contributed by atoms with Crippen LogP contribution < -0.4 is 5.32 Å². The highest BCUT2D eigenvalue weighted by Gasteiger charge is 2.30. The molecule has 0 amide bonds. The van der Waals surface area contributed by atoms with Crippen LogP contribution in [0.25, 0.3) is 0 Å². The van der Waals surface area contributed by atoms with Gasteiger partial charge in [-0.3, -0.25) is 4.79 Å². The second-order valence-corrected chi connectivity index (χ2v) is 4.88. The van der Waals surface area contributed by atoms with Crippen LogP contribution >= 0.6 is 15.9 Å². The minimum atomic E-state index is -0.167. The molecular weight excluding hydrogens is 270 g/mol. The summed E-state index contributed by atoms with van der Waals surface area (Å²) in [6.07, 6.45) is 0.814. The third-order valence-corrected chi connectivity index (χ3v) is 3.49. The number of benzene rings is 1. The molecule has 0 spiro atoms. The van der Waals surface area contributed by atoms with Crippen molar-refractivity contribution in [1.29, 1.82) is 0 Å². The van der Waals surface area contributed by atoms with Gasteiger partial charge in [-0.2, -0.15) is 0 Å². The van der Waals surface area contributed by atoms with Crippen LogP contribution in [0, 0.1) is 0 Å². The minimum Gasteiger partial charge on any atom is -0.468 e. The summed E-state index contributed by atoms with van der Waals surface area (Å²) >= 11 is 3.41. The molecular formula is C12H14BrNO2. The van der Waals surface area contributed by atoms with Gasteiger partial charge in [0.2, 0.25) is 0 Å². The van der Waals surface area contributed by atoms with Gasteiger partial charge in [0, 0.05) is 11.0 Å². The molecule has 86 valence electrons. The molecule has 1 saturated heterocycles. The maximum atomic E-state index is 11.4. The summed E-state index contributed by atoms with van der Waals surface area (Å²) in [5, 5.41) is 3.18. The first kappa shape index (κ1) is 11.6. The Morgan fingerprint density at radius 1 is 1.44 bits per heavy atom. The molecule has 1 fully saturated rings. The second-order valence-electron chi connectivity index (χ2n) is 3.97. The summed E-state index contributed by atoms with van der Waals surface area (Å²) in [6.45, 7) is 0.835. The Hall–Kier alpha value is -0.870. The molecule has 1 aromatic rings. The highest BCUT2D eigenvalue weighted by Crippen LogP contribution is 2.27. The molecule has 16 heavy (non-hydrogen) atoms. The lowest BCUT2D eigenvalue weighted by Crippen LogP contribution is -2.31. The molecule has 4 heteroatoms. The highest BCUT2D eigenvalue weighted by molar-refractivity contribution is 9.10. The van der Waals surface area contributed by atoms with E-state index in [0.717, 1.165) is 17.4 Å². The molecule has 1 N–H and O–H groups in total. The predicted octanol–water partition coefficient (Wildman–Crippen LogP) is 2.07. The number of rotatable bonds is 2. The number of nitrogens with one attached hydrogen (secondary N) is 1. The van der Waals surface area contributed by atoms with Gasteiger partial charge in [-0.1, -0.05) is 28.1 Å². The summed E-state index contributed by atoms with van der Waals surface area (Å²) in [5.74, 6) is 0.233. The van der Waals surface area contributed by atoms with Gasteiger partial charge >= 0.3 is 5.97 Å². The van der Waals surface area contributed by atoms with Crippen LogP contribution in [0.4, 0.5) is 0 Å². The van der Waals surface area contributed by atoms with E-state index in [1.165, 1.54) is 12.7 Å². The van der Waals surface area contributed by atoms with E-state index in [1.54, 1.807) is 0 Å². The van der Waals surface area contributed by atoms with Gasteiger partial charge in [0.15, 0.2) is 0 Å². The molecule has 2 unspecified atom stereocenters. The molecule has 3 nitrogen and oxygen atoms in total. The van der Waals surface area contributed by atoms with Gasteiger partial charge in [-0.15, -0.1) is 0 Å². The average molecular weight is 284 g/mol. The number of halogens is 1. The minimum absolute atomic E-state index is 0.154. The van der Waals surface area contributed by atoms with E-state index in [9.17, 15) is 4.79 Å². The number of ether oxygens (including phenoxy) is 1. The molecule has 1 aliphatic rings. The summed E-state index contributed by atoms with van der Waals surface area (Å²) in [6, 6.07) is 8.09. The molecule has 1 heterocycles. The highest BCUT2D eigenvalue weighted by atomic mass is 79.9. The monoisotopic (exact) mass is 283 g/mol. The van der Waals surface area contributed by atoms with E-state index >= 15 is 0 Å². The van der Waals surface area contributed by atoms with Crippen LogP contribution in [0.3, 0.4) is 0 Å². The average Bonchev–Trinajstić information content (AvgIpc) is 2.78. The third kappa shape index (κ3) is 2.44. The lowest BCUT2D eigenvalue weighted by molar-refractivity contribution is -0.142. The summed E-state index contributed by atoms with van der Waals surface area (Å²) in [5.41, 5.74) is 1.27. The summed E-state index contributed by atoms with van der Waals surface area (Å²) in [4.78, 5) is 11.4. The molecule has 2 atom stereocenters. The van der Waals surface area contributed by atoms with Crippen LogP contribution in [0.5, 0.6) is 0 Å². The largest absolute Gasteiger partial charge is 0.468 e. The van der Waals surface area contributed by atoms with E-state index in [0.29, 0.717) is 5.92 Å². The second kappa shape index (κ2) is 4.97. The first-order valence-electron chi connectivity index (χ1n) is 5.27. The van der Waals surface area contributed by atoms with E-state index < -0.39 is 0 Å². The molecule has 2 rings (SSSR count). The van der Waals surface area contributed by atoms with Crippen LogP contribution in [0.1, 0.15) is 17.9 Å². The zero-order valence-corrected chi connectivity index (χ0v) is 10.7. The van der Waals surface area contributed by atoms with E-state index in [-0.39, 0.29) is 12.0 Å². The van der Waals surface area contributed by atoms with E-state index in [2.05, 4.69) is 33.4 Å². The normalized spacial score (nSPS) is 24.4. The van der Waals surface area contributed by atoms with Crippen molar-refractivity contribution in [3.63, 3.8) is 0 Å².